The number of nitrogens with zero attached hydrogens (tertiary/aromatic N) is 2. The number of carbonyl (C=O) groups excluding carboxylic acids is 2. The second kappa shape index (κ2) is 10.4. The third-order valence-electron chi connectivity index (χ3n) is 5.23. The predicted octanol–water partition coefficient (Wildman–Crippen LogP) is 4.19. The first-order valence-corrected chi connectivity index (χ1v) is 11.1. The molecule has 0 unspecified atom stereocenters. The van der Waals surface area contributed by atoms with E-state index >= 15 is 0 Å². The molecule has 1 aromatic carbocycles. The van der Waals surface area contributed by atoms with E-state index in [0.29, 0.717) is 17.8 Å². The number of amides is 3. The number of rotatable bonds is 6. The lowest BCUT2D eigenvalue weighted by molar-refractivity contribution is 0.0761. The van der Waals surface area contributed by atoms with E-state index in [1.54, 1.807) is 35.6 Å². The van der Waals surface area contributed by atoms with E-state index in [1.807, 2.05) is 30.4 Å². The first kappa shape index (κ1) is 21.3. The second-order valence-corrected chi connectivity index (χ2v) is 8.59. The molecule has 0 saturated carbocycles. The topological polar surface area (TPSA) is 64.7 Å². The Labute approximate surface area is 176 Å². The standard InChI is InChI=1S/C22H30N4O2S/c1-25(2)19(20-8-7-15-29-20)16-23-22(28)24-18-11-9-17(10-12-18)21(27)26-13-5-3-4-6-14-26/h7-12,15,19H,3-6,13-14,16H2,1-2H3,(H2,23,24,28)/t19-/m1/s1. The van der Waals surface area contributed by atoms with E-state index < -0.39 is 0 Å². The lowest BCUT2D eigenvalue weighted by Gasteiger charge is -2.23. The number of nitrogens with one attached hydrogen (secondary N) is 2. The summed E-state index contributed by atoms with van der Waals surface area (Å²) in [5, 5.41) is 7.83. The van der Waals surface area contributed by atoms with Crippen LogP contribution >= 0.6 is 11.3 Å². The van der Waals surface area contributed by atoms with Crippen molar-refractivity contribution in [1.82, 2.24) is 15.1 Å². The lowest BCUT2D eigenvalue weighted by atomic mass is 10.1. The van der Waals surface area contributed by atoms with Gasteiger partial charge in [-0.05, 0) is 62.6 Å². The van der Waals surface area contributed by atoms with Crippen LogP contribution in [0.1, 0.15) is 47.0 Å². The quantitative estimate of drug-likeness (QED) is 0.745. The van der Waals surface area contributed by atoms with E-state index in [-0.39, 0.29) is 18.0 Å². The first-order chi connectivity index (χ1) is 14.0. The highest BCUT2D eigenvalue weighted by atomic mass is 32.1. The van der Waals surface area contributed by atoms with Crippen LogP contribution in [0.3, 0.4) is 0 Å². The van der Waals surface area contributed by atoms with Crippen molar-refractivity contribution in [1.29, 1.82) is 0 Å². The smallest absolute Gasteiger partial charge is 0.319 e. The van der Waals surface area contributed by atoms with Gasteiger partial charge in [0.15, 0.2) is 0 Å². The Morgan fingerprint density at radius 1 is 1.07 bits per heavy atom. The minimum absolute atomic E-state index is 0.0766. The maximum absolute atomic E-state index is 12.7. The zero-order valence-corrected chi connectivity index (χ0v) is 18.0. The molecule has 1 aliphatic rings. The molecule has 2 N–H and O–H groups in total. The van der Waals surface area contributed by atoms with Crippen molar-refractivity contribution in [3.63, 3.8) is 0 Å². The third kappa shape index (κ3) is 6.05. The molecule has 6 nitrogen and oxygen atoms in total. The molecule has 29 heavy (non-hydrogen) atoms. The van der Waals surface area contributed by atoms with Crippen LogP contribution < -0.4 is 10.6 Å². The van der Waals surface area contributed by atoms with Crippen molar-refractivity contribution < 1.29 is 9.59 Å². The first-order valence-electron chi connectivity index (χ1n) is 10.2. The minimum atomic E-state index is -0.250. The number of hydrogen-bond donors (Lipinski definition) is 2. The number of hydrogen-bond acceptors (Lipinski definition) is 4. The Morgan fingerprint density at radius 2 is 1.76 bits per heavy atom. The highest BCUT2D eigenvalue weighted by Crippen LogP contribution is 2.22. The van der Waals surface area contributed by atoms with Gasteiger partial charge in [-0.15, -0.1) is 11.3 Å². The molecule has 0 aliphatic carbocycles. The third-order valence-corrected chi connectivity index (χ3v) is 6.21. The monoisotopic (exact) mass is 414 g/mol. The fourth-order valence-corrected chi connectivity index (χ4v) is 4.46. The molecule has 1 saturated heterocycles. The maximum atomic E-state index is 12.7. The minimum Gasteiger partial charge on any atom is -0.339 e. The van der Waals surface area contributed by atoms with E-state index in [2.05, 4.69) is 21.6 Å². The van der Waals surface area contributed by atoms with Crippen LogP contribution in [0.2, 0.25) is 0 Å². The summed E-state index contributed by atoms with van der Waals surface area (Å²) < 4.78 is 0. The summed E-state index contributed by atoms with van der Waals surface area (Å²) >= 11 is 1.68. The highest BCUT2D eigenvalue weighted by Gasteiger charge is 2.18. The van der Waals surface area contributed by atoms with Crippen LogP contribution in [-0.2, 0) is 0 Å². The molecular weight excluding hydrogens is 384 g/mol. The molecule has 1 fully saturated rings. The van der Waals surface area contributed by atoms with Gasteiger partial charge in [0.05, 0.1) is 6.04 Å². The van der Waals surface area contributed by atoms with Gasteiger partial charge in [-0.25, -0.2) is 4.79 Å². The van der Waals surface area contributed by atoms with Gasteiger partial charge in [0, 0.05) is 35.8 Å². The molecule has 2 aromatic rings. The second-order valence-electron chi connectivity index (χ2n) is 7.61. The van der Waals surface area contributed by atoms with Crippen LogP contribution in [0.15, 0.2) is 41.8 Å². The maximum Gasteiger partial charge on any atom is 0.319 e. The molecule has 1 aromatic heterocycles. The Morgan fingerprint density at radius 3 is 2.34 bits per heavy atom. The Kier molecular flexibility index (Phi) is 7.66. The SMILES string of the molecule is CN(C)[C@H](CNC(=O)Nc1ccc(C(=O)N2CCCCCC2)cc1)c1cccs1. The zero-order chi connectivity index (χ0) is 20.6. The summed E-state index contributed by atoms with van der Waals surface area (Å²) in [4.78, 5) is 30.2. The fraction of sp³-hybridized carbons (Fsp3) is 0.455. The van der Waals surface area contributed by atoms with Gasteiger partial charge >= 0.3 is 6.03 Å². The van der Waals surface area contributed by atoms with Crippen LogP contribution in [0, 0.1) is 0 Å². The van der Waals surface area contributed by atoms with E-state index in [9.17, 15) is 9.59 Å². The number of carbonyl (C=O) groups is 2. The van der Waals surface area contributed by atoms with Gasteiger partial charge in [-0.3, -0.25) is 4.79 Å². The van der Waals surface area contributed by atoms with Crippen molar-refractivity contribution in [2.24, 2.45) is 0 Å². The van der Waals surface area contributed by atoms with Crippen LogP contribution in [-0.4, -0.2) is 55.5 Å². The van der Waals surface area contributed by atoms with Crippen molar-refractivity contribution in [3.05, 3.63) is 52.2 Å². The van der Waals surface area contributed by atoms with E-state index in [1.165, 1.54) is 17.7 Å². The summed E-state index contributed by atoms with van der Waals surface area (Å²) in [6.07, 6.45) is 4.54. The molecule has 156 valence electrons. The number of likely N-dealkylation sites (N-methyl/N-ethyl adjacent to an activating group) is 1. The van der Waals surface area contributed by atoms with Crippen LogP contribution in [0.4, 0.5) is 10.5 Å². The summed E-state index contributed by atoms with van der Waals surface area (Å²) in [5.41, 5.74) is 1.34. The molecule has 0 spiro atoms. The Balaban J connectivity index is 1.52. The summed E-state index contributed by atoms with van der Waals surface area (Å²) in [6.45, 7) is 2.18. The summed E-state index contributed by atoms with van der Waals surface area (Å²) in [5.74, 6) is 0.0766. The normalized spacial score (nSPS) is 15.6. The average molecular weight is 415 g/mol. The molecule has 1 aliphatic heterocycles. The highest BCUT2D eigenvalue weighted by molar-refractivity contribution is 7.10. The largest absolute Gasteiger partial charge is 0.339 e. The molecule has 3 rings (SSSR count). The van der Waals surface area contributed by atoms with Gasteiger partial charge in [0.25, 0.3) is 5.91 Å². The zero-order valence-electron chi connectivity index (χ0n) is 17.2. The summed E-state index contributed by atoms with van der Waals surface area (Å²) in [6, 6.07) is 11.1. The Bertz CT molecular complexity index is 782. The molecule has 0 radical (unpaired) electrons. The van der Waals surface area contributed by atoms with E-state index in [0.717, 1.165) is 25.9 Å². The Hall–Kier alpha value is -2.38. The number of likely N-dealkylation sites (tertiary alicyclic amines) is 1. The number of urea groups is 1. The fourth-order valence-electron chi connectivity index (χ4n) is 3.54. The lowest BCUT2D eigenvalue weighted by Crippen LogP contribution is -2.36. The molecule has 3 amide bonds. The van der Waals surface area contributed by atoms with Crippen LogP contribution in [0.25, 0.3) is 0 Å². The molecule has 0 bridgehead atoms. The number of benzene rings is 1. The van der Waals surface area contributed by atoms with Crippen molar-refractivity contribution in [2.45, 2.75) is 31.7 Å². The van der Waals surface area contributed by atoms with Gasteiger partial charge in [-0.2, -0.15) is 0 Å². The van der Waals surface area contributed by atoms with Gasteiger partial charge in [0.1, 0.15) is 0 Å². The molecule has 2 heterocycles. The predicted molar refractivity (Wildman–Crippen MR) is 119 cm³/mol. The number of thiophene rings is 1. The summed E-state index contributed by atoms with van der Waals surface area (Å²) in [7, 11) is 4.01. The van der Waals surface area contributed by atoms with Crippen molar-refractivity contribution >= 4 is 29.0 Å². The van der Waals surface area contributed by atoms with Crippen molar-refractivity contribution in [3.8, 4) is 0 Å². The molecular formula is C22H30N4O2S. The van der Waals surface area contributed by atoms with E-state index in [4.69, 9.17) is 0 Å². The molecule has 1 atom stereocenters. The van der Waals surface area contributed by atoms with Gasteiger partial charge < -0.3 is 20.4 Å². The van der Waals surface area contributed by atoms with Crippen LogP contribution in [0.5, 0.6) is 0 Å². The number of anilines is 1. The van der Waals surface area contributed by atoms with Gasteiger partial charge in [-0.1, -0.05) is 18.9 Å². The average Bonchev–Trinajstić information content (AvgIpc) is 3.09. The van der Waals surface area contributed by atoms with Gasteiger partial charge in [0.2, 0.25) is 0 Å². The molecule has 7 heteroatoms. The van der Waals surface area contributed by atoms with Crippen molar-refractivity contribution in [2.75, 3.05) is 39.0 Å².